The van der Waals surface area contributed by atoms with E-state index in [0.29, 0.717) is 18.6 Å². The molecule has 1 aliphatic rings. The fourth-order valence-corrected chi connectivity index (χ4v) is 1.81. The molecule has 5 heteroatoms. The highest BCUT2D eigenvalue weighted by molar-refractivity contribution is 5.69. The SMILES string of the molecule is CC(CN)NCCCN(C(=O)OC(C)(C)C)C1CC1. The second-order valence-electron chi connectivity index (χ2n) is 6.35. The number of carbonyl (C=O) groups excluding carboxylic acids is 1. The summed E-state index contributed by atoms with van der Waals surface area (Å²) in [5.74, 6) is 0. The second-order valence-corrected chi connectivity index (χ2v) is 6.35. The molecule has 1 amide bonds. The summed E-state index contributed by atoms with van der Waals surface area (Å²) in [6.07, 6.45) is 2.96. The maximum atomic E-state index is 12.1. The number of amides is 1. The maximum absolute atomic E-state index is 12.1. The van der Waals surface area contributed by atoms with Gasteiger partial charge >= 0.3 is 6.09 Å². The molecular formula is C14H29N3O2. The minimum Gasteiger partial charge on any atom is -0.444 e. The minimum atomic E-state index is -0.420. The number of carbonyl (C=O) groups is 1. The molecule has 0 saturated heterocycles. The van der Waals surface area contributed by atoms with Gasteiger partial charge in [-0.15, -0.1) is 0 Å². The van der Waals surface area contributed by atoms with Crippen molar-refractivity contribution >= 4 is 6.09 Å². The molecule has 1 aliphatic carbocycles. The molecule has 0 bridgehead atoms. The smallest absolute Gasteiger partial charge is 0.410 e. The van der Waals surface area contributed by atoms with Gasteiger partial charge in [-0.3, -0.25) is 0 Å². The van der Waals surface area contributed by atoms with E-state index in [9.17, 15) is 4.79 Å². The zero-order chi connectivity index (χ0) is 14.5. The molecular weight excluding hydrogens is 242 g/mol. The van der Waals surface area contributed by atoms with Crippen LogP contribution in [0.1, 0.15) is 47.0 Å². The first kappa shape index (κ1) is 16.2. The molecule has 0 aromatic carbocycles. The molecule has 0 aromatic rings. The number of hydrogen-bond donors (Lipinski definition) is 2. The van der Waals surface area contributed by atoms with Crippen LogP contribution in [0.25, 0.3) is 0 Å². The Morgan fingerprint density at radius 3 is 2.58 bits per heavy atom. The number of ether oxygens (including phenoxy) is 1. The number of rotatable bonds is 7. The molecule has 112 valence electrons. The number of hydrogen-bond acceptors (Lipinski definition) is 4. The Bertz CT molecular complexity index is 285. The number of nitrogens with two attached hydrogens (primary N) is 1. The van der Waals surface area contributed by atoms with E-state index in [1.54, 1.807) is 0 Å². The van der Waals surface area contributed by atoms with E-state index < -0.39 is 5.60 Å². The normalized spacial score (nSPS) is 17.1. The van der Waals surface area contributed by atoms with Gasteiger partial charge in [-0.25, -0.2) is 4.79 Å². The molecule has 5 nitrogen and oxygen atoms in total. The third-order valence-electron chi connectivity index (χ3n) is 3.04. The Kier molecular flexibility index (Phi) is 6.07. The van der Waals surface area contributed by atoms with Gasteiger partial charge in [-0.1, -0.05) is 0 Å². The average molecular weight is 271 g/mol. The molecule has 0 aromatic heterocycles. The van der Waals surface area contributed by atoms with Crippen LogP contribution < -0.4 is 11.1 Å². The van der Waals surface area contributed by atoms with Crippen LogP contribution in [0.3, 0.4) is 0 Å². The Hall–Kier alpha value is -0.810. The van der Waals surface area contributed by atoms with E-state index in [2.05, 4.69) is 12.2 Å². The Morgan fingerprint density at radius 2 is 2.11 bits per heavy atom. The van der Waals surface area contributed by atoms with Crippen LogP contribution in [-0.2, 0) is 4.74 Å². The lowest BCUT2D eigenvalue weighted by Crippen LogP contribution is -2.40. The minimum absolute atomic E-state index is 0.179. The summed E-state index contributed by atoms with van der Waals surface area (Å²) in [6.45, 7) is 10.0. The predicted octanol–water partition coefficient (Wildman–Crippen LogP) is 1.71. The quantitative estimate of drug-likeness (QED) is 0.692. The third kappa shape index (κ3) is 6.78. The van der Waals surface area contributed by atoms with Crippen molar-refractivity contribution in [3.63, 3.8) is 0 Å². The summed E-state index contributed by atoms with van der Waals surface area (Å²) in [4.78, 5) is 14.0. The van der Waals surface area contributed by atoms with Gasteiger partial charge in [0.05, 0.1) is 0 Å². The number of nitrogens with zero attached hydrogens (tertiary/aromatic N) is 1. The van der Waals surface area contributed by atoms with Crippen molar-refractivity contribution in [1.82, 2.24) is 10.2 Å². The zero-order valence-corrected chi connectivity index (χ0v) is 12.7. The monoisotopic (exact) mass is 271 g/mol. The van der Waals surface area contributed by atoms with E-state index >= 15 is 0 Å². The lowest BCUT2D eigenvalue weighted by molar-refractivity contribution is 0.0232. The maximum Gasteiger partial charge on any atom is 0.410 e. The first-order valence-electron chi connectivity index (χ1n) is 7.26. The van der Waals surface area contributed by atoms with Crippen LogP contribution in [0.5, 0.6) is 0 Å². The van der Waals surface area contributed by atoms with Crippen LogP contribution in [0.2, 0.25) is 0 Å². The first-order chi connectivity index (χ1) is 8.83. The lowest BCUT2D eigenvalue weighted by atomic mass is 10.2. The van der Waals surface area contributed by atoms with Crippen molar-refractivity contribution in [3.05, 3.63) is 0 Å². The summed E-state index contributed by atoms with van der Waals surface area (Å²) in [6, 6.07) is 0.720. The van der Waals surface area contributed by atoms with Gasteiger partial charge in [-0.05, 0) is 53.5 Å². The fourth-order valence-electron chi connectivity index (χ4n) is 1.81. The topological polar surface area (TPSA) is 67.6 Å². The van der Waals surface area contributed by atoms with Crippen LogP contribution in [0, 0.1) is 0 Å². The molecule has 1 fully saturated rings. The highest BCUT2D eigenvalue weighted by Crippen LogP contribution is 2.28. The van der Waals surface area contributed by atoms with Crippen molar-refractivity contribution in [1.29, 1.82) is 0 Å². The van der Waals surface area contributed by atoms with E-state index in [0.717, 1.165) is 32.4 Å². The lowest BCUT2D eigenvalue weighted by Gasteiger charge is -2.27. The molecule has 0 spiro atoms. The molecule has 1 saturated carbocycles. The summed E-state index contributed by atoms with van der Waals surface area (Å²) >= 11 is 0. The average Bonchev–Trinajstić information content (AvgIpc) is 3.10. The molecule has 1 atom stereocenters. The van der Waals surface area contributed by atoms with Crippen molar-refractivity contribution in [2.24, 2.45) is 5.73 Å². The van der Waals surface area contributed by atoms with Crippen LogP contribution in [-0.4, -0.2) is 48.3 Å². The van der Waals surface area contributed by atoms with Gasteiger partial charge in [0.2, 0.25) is 0 Å². The predicted molar refractivity (Wildman–Crippen MR) is 77.1 cm³/mol. The standard InChI is InChI=1S/C14H29N3O2/c1-11(10-15)16-8-5-9-17(12-6-7-12)13(18)19-14(2,3)4/h11-12,16H,5-10,15H2,1-4H3. The van der Waals surface area contributed by atoms with Gasteiger partial charge in [-0.2, -0.15) is 0 Å². The summed E-state index contributed by atoms with van der Waals surface area (Å²) in [5.41, 5.74) is 5.12. The van der Waals surface area contributed by atoms with Crippen molar-refractivity contribution in [2.45, 2.75) is 64.6 Å². The van der Waals surface area contributed by atoms with Gasteiger partial charge in [0.25, 0.3) is 0 Å². The van der Waals surface area contributed by atoms with Crippen LogP contribution in [0.15, 0.2) is 0 Å². The molecule has 0 heterocycles. The Balaban J connectivity index is 2.31. The van der Waals surface area contributed by atoms with E-state index in [4.69, 9.17) is 10.5 Å². The molecule has 0 radical (unpaired) electrons. The van der Waals surface area contributed by atoms with Gasteiger partial charge in [0.15, 0.2) is 0 Å². The molecule has 1 rings (SSSR count). The highest BCUT2D eigenvalue weighted by Gasteiger charge is 2.34. The first-order valence-corrected chi connectivity index (χ1v) is 7.26. The van der Waals surface area contributed by atoms with Crippen molar-refractivity contribution < 1.29 is 9.53 Å². The summed E-state index contributed by atoms with van der Waals surface area (Å²) in [7, 11) is 0. The number of nitrogens with one attached hydrogen (secondary N) is 1. The van der Waals surface area contributed by atoms with Crippen LogP contribution >= 0.6 is 0 Å². The van der Waals surface area contributed by atoms with Gasteiger partial charge in [0.1, 0.15) is 5.60 Å². The summed E-state index contributed by atoms with van der Waals surface area (Å²) in [5, 5.41) is 3.33. The van der Waals surface area contributed by atoms with Crippen molar-refractivity contribution in [2.75, 3.05) is 19.6 Å². The molecule has 0 aliphatic heterocycles. The van der Waals surface area contributed by atoms with Crippen molar-refractivity contribution in [3.8, 4) is 0 Å². The zero-order valence-electron chi connectivity index (χ0n) is 12.7. The van der Waals surface area contributed by atoms with E-state index in [1.165, 1.54) is 0 Å². The van der Waals surface area contributed by atoms with E-state index in [1.807, 2.05) is 25.7 Å². The molecule has 3 N–H and O–H groups in total. The third-order valence-corrected chi connectivity index (χ3v) is 3.04. The second kappa shape index (κ2) is 7.10. The van der Waals surface area contributed by atoms with Gasteiger partial charge in [0, 0.05) is 25.2 Å². The highest BCUT2D eigenvalue weighted by atomic mass is 16.6. The largest absolute Gasteiger partial charge is 0.444 e. The van der Waals surface area contributed by atoms with Crippen LogP contribution in [0.4, 0.5) is 4.79 Å². The Morgan fingerprint density at radius 1 is 1.47 bits per heavy atom. The molecule has 1 unspecified atom stereocenters. The van der Waals surface area contributed by atoms with E-state index in [-0.39, 0.29) is 6.09 Å². The summed E-state index contributed by atoms with van der Waals surface area (Å²) < 4.78 is 5.45. The molecule has 19 heavy (non-hydrogen) atoms. The Labute approximate surface area is 116 Å². The fraction of sp³-hybridized carbons (Fsp3) is 0.929. The van der Waals surface area contributed by atoms with Gasteiger partial charge < -0.3 is 20.7 Å².